The minimum absolute atomic E-state index is 0.264. The van der Waals surface area contributed by atoms with Gasteiger partial charge in [-0.05, 0) is 47.0 Å². The highest BCUT2D eigenvalue weighted by Crippen LogP contribution is 2.08. The number of rotatable bonds is 9. The molecule has 0 aromatic rings. The van der Waals surface area contributed by atoms with Crippen LogP contribution in [-0.4, -0.2) is 37.2 Å². The lowest BCUT2D eigenvalue weighted by Gasteiger charge is -2.21. The molecule has 0 bridgehead atoms. The van der Waals surface area contributed by atoms with Crippen LogP contribution in [0.25, 0.3) is 0 Å². The average Bonchev–Trinajstić information content (AvgIpc) is 2.43. The molecule has 134 valence electrons. The predicted octanol–water partition coefficient (Wildman–Crippen LogP) is 3.86. The Bertz CT molecular complexity index is 373. The van der Waals surface area contributed by atoms with E-state index in [1.54, 1.807) is 0 Å². The van der Waals surface area contributed by atoms with Gasteiger partial charge in [-0.2, -0.15) is 0 Å². The fourth-order valence-corrected chi connectivity index (χ4v) is 1.83. The fourth-order valence-electron chi connectivity index (χ4n) is 1.83. The summed E-state index contributed by atoms with van der Waals surface area (Å²) in [6.07, 6.45) is 3.00. The molecule has 5 nitrogen and oxygen atoms in total. The van der Waals surface area contributed by atoms with Gasteiger partial charge in [0.05, 0.1) is 6.04 Å². The van der Waals surface area contributed by atoms with Crippen LogP contribution in [0.15, 0.2) is 0 Å². The van der Waals surface area contributed by atoms with E-state index in [9.17, 15) is 4.79 Å². The maximum absolute atomic E-state index is 11.9. The number of amides is 1. The van der Waals surface area contributed by atoms with Crippen LogP contribution in [0.3, 0.4) is 0 Å². The van der Waals surface area contributed by atoms with Crippen LogP contribution in [0, 0.1) is 11.8 Å². The SMILES string of the molecule is CCCCCC(C#CC(OCC)OCC)NC(=O)OC(C)(C)C. The van der Waals surface area contributed by atoms with E-state index >= 15 is 0 Å². The van der Waals surface area contributed by atoms with Gasteiger partial charge in [-0.3, -0.25) is 0 Å². The van der Waals surface area contributed by atoms with Gasteiger partial charge in [0.15, 0.2) is 0 Å². The number of nitrogens with one attached hydrogen (secondary N) is 1. The zero-order valence-electron chi connectivity index (χ0n) is 15.5. The predicted molar refractivity (Wildman–Crippen MR) is 92.1 cm³/mol. The van der Waals surface area contributed by atoms with Crippen LogP contribution >= 0.6 is 0 Å². The van der Waals surface area contributed by atoms with Crippen molar-refractivity contribution in [3.63, 3.8) is 0 Å². The number of hydrogen-bond donors (Lipinski definition) is 1. The van der Waals surface area contributed by atoms with Crippen molar-refractivity contribution >= 4 is 6.09 Å². The van der Waals surface area contributed by atoms with Crippen LogP contribution < -0.4 is 5.32 Å². The van der Waals surface area contributed by atoms with Crippen molar-refractivity contribution in [2.24, 2.45) is 0 Å². The summed E-state index contributed by atoms with van der Waals surface area (Å²) in [6, 6.07) is -0.264. The van der Waals surface area contributed by atoms with Crippen LogP contribution in [0.2, 0.25) is 0 Å². The first-order valence-corrected chi connectivity index (χ1v) is 8.56. The second-order valence-corrected chi connectivity index (χ2v) is 6.23. The van der Waals surface area contributed by atoms with Crippen LogP contribution in [0.1, 0.15) is 67.2 Å². The molecule has 0 fully saturated rings. The van der Waals surface area contributed by atoms with Gasteiger partial charge in [0, 0.05) is 13.2 Å². The smallest absolute Gasteiger partial charge is 0.408 e. The van der Waals surface area contributed by atoms with Gasteiger partial charge in [-0.25, -0.2) is 4.79 Å². The number of carbonyl (C=O) groups excluding carboxylic acids is 1. The number of carbonyl (C=O) groups is 1. The van der Waals surface area contributed by atoms with Crippen molar-refractivity contribution in [3.05, 3.63) is 0 Å². The Balaban J connectivity index is 4.75. The van der Waals surface area contributed by atoms with Gasteiger partial charge in [-0.15, -0.1) is 0 Å². The lowest BCUT2D eigenvalue weighted by molar-refractivity contribution is -0.0970. The van der Waals surface area contributed by atoms with Crippen molar-refractivity contribution in [3.8, 4) is 11.8 Å². The molecule has 0 aromatic heterocycles. The Morgan fingerprint density at radius 2 is 1.65 bits per heavy atom. The minimum atomic E-state index is -0.556. The van der Waals surface area contributed by atoms with E-state index in [-0.39, 0.29) is 6.04 Å². The van der Waals surface area contributed by atoms with Gasteiger partial charge in [0.2, 0.25) is 6.29 Å². The summed E-state index contributed by atoms with van der Waals surface area (Å²) in [5, 5.41) is 2.83. The molecule has 23 heavy (non-hydrogen) atoms. The largest absolute Gasteiger partial charge is 0.444 e. The summed E-state index contributed by atoms with van der Waals surface area (Å²) < 4.78 is 16.1. The van der Waals surface area contributed by atoms with E-state index in [2.05, 4.69) is 24.1 Å². The fraction of sp³-hybridized carbons (Fsp3) is 0.833. The monoisotopic (exact) mass is 327 g/mol. The molecule has 0 saturated heterocycles. The normalized spacial score (nSPS) is 12.5. The first-order chi connectivity index (χ1) is 10.8. The van der Waals surface area contributed by atoms with E-state index in [1.807, 2.05) is 34.6 Å². The molecule has 1 N–H and O–H groups in total. The van der Waals surface area contributed by atoms with Gasteiger partial charge < -0.3 is 19.5 Å². The first-order valence-electron chi connectivity index (χ1n) is 8.56. The molecule has 0 saturated carbocycles. The minimum Gasteiger partial charge on any atom is -0.444 e. The third-order valence-corrected chi connectivity index (χ3v) is 2.80. The molecule has 0 rings (SSSR count). The van der Waals surface area contributed by atoms with Crippen molar-refractivity contribution < 1.29 is 19.0 Å². The second-order valence-electron chi connectivity index (χ2n) is 6.23. The number of unbranched alkanes of at least 4 members (excludes halogenated alkanes) is 2. The maximum Gasteiger partial charge on any atom is 0.408 e. The van der Waals surface area contributed by atoms with Gasteiger partial charge >= 0.3 is 6.09 Å². The lowest BCUT2D eigenvalue weighted by atomic mass is 10.1. The molecule has 0 aliphatic carbocycles. The highest BCUT2D eigenvalue weighted by molar-refractivity contribution is 5.68. The van der Waals surface area contributed by atoms with E-state index < -0.39 is 18.0 Å². The van der Waals surface area contributed by atoms with Crippen molar-refractivity contribution in [2.75, 3.05) is 13.2 Å². The molecular weight excluding hydrogens is 294 g/mol. The summed E-state index contributed by atoms with van der Waals surface area (Å²) >= 11 is 0. The first kappa shape index (κ1) is 21.8. The summed E-state index contributed by atoms with van der Waals surface area (Å²) in [6.45, 7) is 12.5. The van der Waals surface area contributed by atoms with E-state index in [4.69, 9.17) is 14.2 Å². The summed E-state index contributed by atoms with van der Waals surface area (Å²) in [5.74, 6) is 6.01. The van der Waals surface area contributed by atoms with E-state index in [0.29, 0.717) is 13.2 Å². The van der Waals surface area contributed by atoms with Gasteiger partial charge in [0.1, 0.15) is 5.60 Å². The summed E-state index contributed by atoms with van der Waals surface area (Å²) in [4.78, 5) is 11.9. The van der Waals surface area contributed by atoms with Crippen molar-refractivity contribution in [1.29, 1.82) is 0 Å². The second kappa shape index (κ2) is 12.2. The quantitative estimate of drug-likeness (QED) is 0.397. The van der Waals surface area contributed by atoms with Crippen LogP contribution in [0.4, 0.5) is 4.79 Å². The topological polar surface area (TPSA) is 56.8 Å². The average molecular weight is 327 g/mol. The number of alkyl carbamates (subject to hydrolysis) is 1. The molecule has 1 unspecified atom stereocenters. The van der Waals surface area contributed by atoms with Crippen LogP contribution in [-0.2, 0) is 14.2 Å². The van der Waals surface area contributed by atoms with E-state index in [1.165, 1.54) is 0 Å². The van der Waals surface area contributed by atoms with Gasteiger partial charge in [-0.1, -0.05) is 32.1 Å². The Kier molecular flexibility index (Phi) is 11.5. The molecule has 1 amide bonds. The van der Waals surface area contributed by atoms with E-state index in [0.717, 1.165) is 25.7 Å². The highest BCUT2D eigenvalue weighted by Gasteiger charge is 2.18. The third-order valence-electron chi connectivity index (χ3n) is 2.80. The maximum atomic E-state index is 11.9. The van der Waals surface area contributed by atoms with Crippen LogP contribution in [0.5, 0.6) is 0 Å². The molecule has 0 aromatic carbocycles. The molecule has 0 aliphatic rings. The molecule has 5 heteroatoms. The molecule has 0 spiro atoms. The highest BCUT2D eigenvalue weighted by atomic mass is 16.7. The summed E-state index contributed by atoms with van der Waals surface area (Å²) in [7, 11) is 0. The molecular formula is C18H33NO4. The van der Waals surface area contributed by atoms with Crippen molar-refractivity contribution in [1.82, 2.24) is 5.32 Å². The third kappa shape index (κ3) is 12.9. The summed E-state index contributed by atoms with van der Waals surface area (Å²) in [5.41, 5.74) is -0.523. The number of ether oxygens (including phenoxy) is 3. The van der Waals surface area contributed by atoms with Gasteiger partial charge in [0.25, 0.3) is 0 Å². The van der Waals surface area contributed by atoms with Crippen molar-refractivity contribution in [2.45, 2.75) is 85.2 Å². The Morgan fingerprint density at radius 1 is 1.04 bits per heavy atom. The zero-order chi connectivity index (χ0) is 17.7. The Morgan fingerprint density at radius 3 is 2.13 bits per heavy atom. The molecule has 1 atom stereocenters. The Labute approximate surface area is 141 Å². The molecule has 0 aliphatic heterocycles. The lowest BCUT2D eigenvalue weighted by Crippen LogP contribution is -2.38. The Hall–Kier alpha value is -1.25. The zero-order valence-corrected chi connectivity index (χ0v) is 15.5. The number of hydrogen-bond acceptors (Lipinski definition) is 4. The molecule has 0 radical (unpaired) electrons. The standard InChI is InChI=1S/C18H33NO4/c1-7-10-11-12-15(19-17(20)23-18(4,5)6)13-14-16(21-8-2)22-9-3/h15-16H,7-12H2,1-6H3,(H,19,20). The molecule has 0 heterocycles.